The zero-order valence-electron chi connectivity index (χ0n) is 10.8. The molecular formula is C15H10BrFN2O2. The Morgan fingerprint density at radius 1 is 1.29 bits per heavy atom. The molecule has 0 radical (unpaired) electrons. The number of hydrogen-bond acceptors (Lipinski definition) is 4. The second kappa shape index (κ2) is 5.62. The van der Waals surface area contributed by atoms with Gasteiger partial charge < -0.3 is 14.8 Å². The van der Waals surface area contributed by atoms with Crippen molar-refractivity contribution in [2.75, 3.05) is 12.1 Å². The number of benzene rings is 2. The van der Waals surface area contributed by atoms with Gasteiger partial charge in [-0.3, -0.25) is 0 Å². The minimum Gasteiger partial charge on any atom is -0.454 e. The van der Waals surface area contributed by atoms with Crippen molar-refractivity contribution in [3.8, 4) is 17.6 Å². The molecule has 1 heterocycles. The van der Waals surface area contributed by atoms with Crippen LogP contribution in [0.3, 0.4) is 0 Å². The van der Waals surface area contributed by atoms with Gasteiger partial charge in [0.2, 0.25) is 6.79 Å². The number of ether oxygens (including phenoxy) is 2. The molecule has 0 saturated heterocycles. The number of nitrogens with one attached hydrogen (secondary N) is 1. The topological polar surface area (TPSA) is 54.3 Å². The van der Waals surface area contributed by atoms with Crippen LogP contribution in [0.5, 0.6) is 11.5 Å². The highest BCUT2D eigenvalue weighted by molar-refractivity contribution is 9.10. The van der Waals surface area contributed by atoms with Gasteiger partial charge in [0.25, 0.3) is 0 Å². The fourth-order valence-electron chi connectivity index (χ4n) is 2.08. The Kier molecular flexibility index (Phi) is 3.67. The third-order valence-corrected chi connectivity index (χ3v) is 3.66. The van der Waals surface area contributed by atoms with Crippen LogP contribution in [0.1, 0.15) is 11.1 Å². The molecule has 0 aliphatic carbocycles. The van der Waals surface area contributed by atoms with E-state index in [1.165, 1.54) is 12.1 Å². The zero-order chi connectivity index (χ0) is 14.8. The number of anilines is 1. The molecule has 1 aliphatic heterocycles. The Morgan fingerprint density at radius 3 is 2.95 bits per heavy atom. The molecule has 6 heteroatoms. The van der Waals surface area contributed by atoms with Crippen LogP contribution < -0.4 is 14.8 Å². The lowest BCUT2D eigenvalue weighted by molar-refractivity contribution is 0.173. The fourth-order valence-corrected chi connectivity index (χ4v) is 2.69. The van der Waals surface area contributed by atoms with E-state index in [1.807, 2.05) is 18.2 Å². The lowest BCUT2D eigenvalue weighted by Crippen LogP contribution is -2.02. The molecule has 0 bridgehead atoms. The van der Waals surface area contributed by atoms with Crippen molar-refractivity contribution in [3.05, 3.63) is 51.7 Å². The van der Waals surface area contributed by atoms with Gasteiger partial charge in [-0.15, -0.1) is 0 Å². The largest absolute Gasteiger partial charge is 0.454 e. The summed E-state index contributed by atoms with van der Waals surface area (Å²) in [5, 5.41) is 12.1. The maximum atomic E-state index is 13.1. The molecule has 106 valence electrons. The molecule has 21 heavy (non-hydrogen) atoms. The Bertz CT molecular complexity index is 743. The molecule has 0 unspecified atom stereocenters. The van der Waals surface area contributed by atoms with Crippen LogP contribution in [0, 0.1) is 17.1 Å². The van der Waals surface area contributed by atoms with Crippen LogP contribution in [0.15, 0.2) is 34.8 Å². The summed E-state index contributed by atoms with van der Waals surface area (Å²) in [5.41, 5.74) is 1.82. The molecule has 0 fully saturated rings. The van der Waals surface area contributed by atoms with E-state index in [-0.39, 0.29) is 12.4 Å². The summed E-state index contributed by atoms with van der Waals surface area (Å²) in [7, 11) is 0. The summed E-state index contributed by atoms with van der Waals surface area (Å²) >= 11 is 3.43. The number of fused-ring (bicyclic) bond motifs is 1. The Balaban J connectivity index is 1.80. The lowest BCUT2D eigenvalue weighted by atomic mass is 10.1. The van der Waals surface area contributed by atoms with E-state index in [2.05, 4.69) is 21.2 Å². The third kappa shape index (κ3) is 2.78. The van der Waals surface area contributed by atoms with Gasteiger partial charge in [0.1, 0.15) is 11.9 Å². The predicted molar refractivity (Wildman–Crippen MR) is 78.7 cm³/mol. The maximum Gasteiger partial charge on any atom is 0.231 e. The van der Waals surface area contributed by atoms with Crippen molar-refractivity contribution >= 4 is 21.6 Å². The van der Waals surface area contributed by atoms with Gasteiger partial charge in [-0.2, -0.15) is 5.26 Å². The monoisotopic (exact) mass is 348 g/mol. The van der Waals surface area contributed by atoms with Gasteiger partial charge in [-0.25, -0.2) is 4.39 Å². The molecule has 2 aromatic rings. The van der Waals surface area contributed by atoms with Gasteiger partial charge in [0, 0.05) is 6.54 Å². The van der Waals surface area contributed by atoms with Gasteiger partial charge in [-0.1, -0.05) is 0 Å². The molecule has 0 aromatic heterocycles. The molecule has 2 aromatic carbocycles. The summed E-state index contributed by atoms with van der Waals surface area (Å²) in [6, 6.07) is 9.83. The summed E-state index contributed by atoms with van der Waals surface area (Å²) in [4.78, 5) is 0. The fraction of sp³-hybridized carbons (Fsp3) is 0.133. The van der Waals surface area contributed by atoms with Crippen molar-refractivity contribution < 1.29 is 13.9 Å². The predicted octanol–water partition coefficient (Wildman–Crippen LogP) is 3.80. The molecule has 1 N–H and O–H groups in total. The molecular weight excluding hydrogens is 339 g/mol. The molecule has 1 aliphatic rings. The number of hydrogen-bond donors (Lipinski definition) is 1. The normalized spacial score (nSPS) is 12.0. The first kappa shape index (κ1) is 13.7. The molecule has 0 amide bonds. The van der Waals surface area contributed by atoms with Gasteiger partial charge in [0.15, 0.2) is 11.5 Å². The average Bonchev–Trinajstić information content (AvgIpc) is 2.94. The zero-order valence-corrected chi connectivity index (χ0v) is 12.4. The average molecular weight is 349 g/mol. The summed E-state index contributed by atoms with van der Waals surface area (Å²) in [6.45, 7) is 0.691. The van der Waals surface area contributed by atoms with Crippen LogP contribution in [0.2, 0.25) is 0 Å². The van der Waals surface area contributed by atoms with Crippen molar-refractivity contribution in [1.82, 2.24) is 0 Å². The van der Waals surface area contributed by atoms with Crippen LogP contribution >= 0.6 is 15.9 Å². The number of rotatable bonds is 3. The minimum absolute atomic E-state index is 0.210. The highest BCUT2D eigenvalue weighted by Gasteiger charge is 2.17. The summed E-state index contributed by atoms with van der Waals surface area (Å²) < 4.78 is 24.6. The molecule has 4 nitrogen and oxygen atoms in total. The summed E-state index contributed by atoms with van der Waals surface area (Å²) in [6.07, 6.45) is 0. The first-order chi connectivity index (χ1) is 10.2. The van der Waals surface area contributed by atoms with E-state index in [4.69, 9.17) is 14.7 Å². The van der Waals surface area contributed by atoms with Crippen molar-refractivity contribution in [2.24, 2.45) is 0 Å². The molecule has 0 spiro atoms. The van der Waals surface area contributed by atoms with Crippen LogP contribution in [0.25, 0.3) is 0 Å². The third-order valence-electron chi connectivity index (χ3n) is 3.07. The quantitative estimate of drug-likeness (QED) is 0.916. The summed E-state index contributed by atoms with van der Waals surface area (Å²) in [5.74, 6) is 0.946. The standard InChI is InChI=1S/C15H10BrFN2O2/c16-12-3-9(4-14-15(12)21-8-20-14)7-19-13-2-1-11(17)5-10(13)6-18/h1-5,19H,7-8H2. The Hall–Kier alpha value is -2.26. The van der Waals surface area contributed by atoms with Crippen molar-refractivity contribution in [1.29, 1.82) is 5.26 Å². The van der Waals surface area contributed by atoms with Gasteiger partial charge in [-0.05, 0) is 51.8 Å². The van der Waals surface area contributed by atoms with Crippen LogP contribution in [0.4, 0.5) is 10.1 Å². The lowest BCUT2D eigenvalue weighted by Gasteiger charge is -2.10. The molecule has 0 atom stereocenters. The highest BCUT2D eigenvalue weighted by Crippen LogP contribution is 2.40. The number of halogens is 2. The van der Waals surface area contributed by atoms with E-state index in [0.717, 1.165) is 10.0 Å². The van der Waals surface area contributed by atoms with E-state index in [9.17, 15) is 4.39 Å². The van der Waals surface area contributed by atoms with E-state index in [0.29, 0.717) is 23.7 Å². The minimum atomic E-state index is -0.428. The highest BCUT2D eigenvalue weighted by atomic mass is 79.9. The van der Waals surface area contributed by atoms with Gasteiger partial charge in [0.05, 0.1) is 15.7 Å². The SMILES string of the molecule is N#Cc1cc(F)ccc1NCc1cc(Br)c2c(c1)OCO2. The first-order valence-electron chi connectivity index (χ1n) is 6.19. The maximum absolute atomic E-state index is 13.1. The second-order valence-electron chi connectivity index (χ2n) is 4.47. The first-order valence-corrected chi connectivity index (χ1v) is 6.98. The number of nitriles is 1. The van der Waals surface area contributed by atoms with Gasteiger partial charge >= 0.3 is 0 Å². The Morgan fingerprint density at radius 2 is 2.14 bits per heavy atom. The molecule has 0 saturated carbocycles. The van der Waals surface area contributed by atoms with Crippen LogP contribution in [-0.2, 0) is 6.54 Å². The van der Waals surface area contributed by atoms with E-state index >= 15 is 0 Å². The Labute approximate surface area is 129 Å². The van der Waals surface area contributed by atoms with Crippen molar-refractivity contribution in [3.63, 3.8) is 0 Å². The smallest absolute Gasteiger partial charge is 0.231 e. The van der Waals surface area contributed by atoms with E-state index in [1.54, 1.807) is 6.07 Å². The molecule has 3 rings (SSSR count). The van der Waals surface area contributed by atoms with Crippen molar-refractivity contribution in [2.45, 2.75) is 6.54 Å². The number of nitrogens with zero attached hydrogens (tertiary/aromatic N) is 1. The second-order valence-corrected chi connectivity index (χ2v) is 5.32. The van der Waals surface area contributed by atoms with Crippen LogP contribution in [-0.4, -0.2) is 6.79 Å². The van der Waals surface area contributed by atoms with E-state index < -0.39 is 5.82 Å².